The van der Waals surface area contributed by atoms with E-state index in [1.54, 1.807) is 0 Å². The summed E-state index contributed by atoms with van der Waals surface area (Å²) in [5.41, 5.74) is 9.96. The van der Waals surface area contributed by atoms with Crippen LogP contribution in [0.3, 0.4) is 0 Å². The smallest absolute Gasteiger partial charge is 0.358 e. The molecule has 0 aromatic carbocycles. The summed E-state index contributed by atoms with van der Waals surface area (Å²) in [4.78, 5) is 28.3. The van der Waals surface area contributed by atoms with Gasteiger partial charge >= 0.3 is 5.97 Å². The lowest BCUT2D eigenvalue weighted by atomic mass is 10.3. The lowest BCUT2D eigenvalue weighted by Crippen LogP contribution is -2.09. The van der Waals surface area contributed by atoms with Gasteiger partial charge in [-0.25, -0.2) is 14.8 Å². The first-order valence-electron chi connectivity index (χ1n) is 3.84. The number of carboxylic acids is 1. The highest BCUT2D eigenvalue weighted by atomic mass is 16.4. The zero-order valence-electron chi connectivity index (χ0n) is 7.54. The predicted molar refractivity (Wildman–Crippen MR) is 51.6 cm³/mol. The van der Waals surface area contributed by atoms with Gasteiger partial charge in [0.25, 0.3) is 0 Å². The molecule has 1 heterocycles. The largest absolute Gasteiger partial charge is 0.476 e. The summed E-state index contributed by atoms with van der Waals surface area (Å²) in [6.07, 6.45) is 3.54. The zero-order valence-corrected chi connectivity index (χ0v) is 7.54. The van der Waals surface area contributed by atoms with E-state index in [2.05, 4.69) is 9.97 Å². The number of carbonyl (C=O) groups excluding carboxylic acids is 1. The van der Waals surface area contributed by atoms with Crippen molar-refractivity contribution >= 4 is 23.8 Å². The number of rotatable bonds is 3. The van der Waals surface area contributed by atoms with Crippen molar-refractivity contribution in [3.8, 4) is 0 Å². The summed E-state index contributed by atoms with van der Waals surface area (Å²) in [5, 5.41) is 8.67. The predicted octanol–water partition coefficient (Wildman–Crippen LogP) is -0.745. The van der Waals surface area contributed by atoms with Gasteiger partial charge in [0.2, 0.25) is 5.91 Å². The van der Waals surface area contributed by atoms with Crippen LogP contribution in [0.5, 0.6) is 0 Å². The summed E-state index contributed by atoms with van der Waals surface area (Å²) in [7, 11) is 0. The molecule has 0 aliphatic heterocycles. The lowest BCUT2D eigenvalue weighted by molar-refractivity contribution is -0.113. The molecule has 1 amide bonds. The van der Waals surface area contributed by atoms with E-state index in [9.17, 15) is 9.59 Å². The van der Waals surface area contributed by atoms with E-state index in [1.165, 1.54) is 12.3 Å². The molecule has 0 saturated carbocycles. The Bertz CT molecular complexity index is 442. The van der Waals surface area contributed by atoms with E-state index in [4.69, 9.17) is 16.6 Å². The Hall–Kier alpha value is -2.44. The van der Waals surface area contributed by atoms with E-state index in [0.29, 0.717) is 0 Å². The van der Waals surface area contributed by atoms with Crippen molar-refractivity contribution in [2.45, 2.75) is 0 Å². The number of primary amides is 1. The number of hydrogen-bond acceptors (Lipinski definition) is 5. The highest BCUT2D eigenvalue weighted by Gasteiger charge is 2.10. The SMILES string of the molecule is NC(=O)C=Cc1cnc(N)c(C(=O)O)n1. The normalized spacial score (nSPS) is 10.4. The van der Waals surface area contributed by atoms with Gasteiger partial charge in [-0.05, 0) is 6.08 Å². The molecule has 0 fully saturated rings. The Morgan fingerprint density at radius 1 is 1.47 bits per heavy atom. The molecule has 0 atom stereocenters. The van der Waals surface area contributed by atoms with E-state index in [-0.39, 0.29) is 17.2 Å². The van der Waals surface area contributed by atoms with Crippen LogP contribution in [0.25, 0.3) is 6.08 Å². The van der Waals surface area contributed by atoms with Crippen molar-refractivity contribution in [2.24, 2.45) is 5.73 Å². The Morgan fingerprint density at radius 2 is 2.13 bits per heavy atom. The molecule has 0 radical (unpaired) electrons. The topological polar surface area (TPSA) is 132 Å². The van der Waals surface area contributed by atoms with Crippen molar-refractivity contribution in [3.05, 3.63) is 23.7 Å². The maximum Gasteiger partial charge on any atom is 0.358 e. The molecule has 7 heteroatoms. The molecule has 78 valence electrons. The number of nitrogens with zero attached hydrogens (tertiary/aromatic N) is 2. The van der Waals surface area contributed by atoms with Gasteiger partial charge < -0.3 is 16.6 Å². The van der Waals surface area contributed by atoms with Crippen molar-refractivity contribution in [2.75, 3.05) is 5.73 Å². The minimum atomic E-state index is -1.28. The van der Waals surface area contributed by atoms with Crippen LogP contribution in [-0.4, -0.2) is 27.0 Å². The van der Waals surface area contributed by atoms with E-state index in [1.807, 2.05) is 0 Å². The molecule has 7 nitrogen and oxygen atoms in total. The Labute approximate surface area is 84.4 Å². The number of hydrogen-bond donors (Lipinski definition) is 3. The number of amides is 1. The van der Waals surface area contributed by atoms with Gasteiger partial charge in [0.05, 0.1) is 11.9 Å². The molecule has 0 bridgehead atoms. The van der Waals surface area contributed by atoms with Crippen LogP contribution in [0.15, 0.2) is 12.3 Å². The van der Waals surface area contributed by atoms with E-state index in [0.717, 1.165) is 6.08 Å². The highest BCUT2D eigenvalue weighted by Crippen LogP contribution is 2.06. The second-order valence-corrected chi connectivity index (χ2v) is 2.57. The van der Waals surface area contributed by atoms with Gasteiger partial charge in [0.15, 0.2) is 11.5 Å². The number of nitrogens with two attached hydrogens (primary N) is 2. The molecule has 0 aliphatic carbocycles. The molecular formula is C8H8N4O3. The first-order chi connectivity index (χ1) is 7.00. The molecular weight excluding hydrogens is 200 g/mol. The Morgan fingerprint density at radius 3 is 2.67 bits per heavy atom. The fourth-order valence-electron chi connectivity index (χ4n) is 0.817. The minimum absolute atomic E-state index is 0.182. The van der Waals surface area contributed by atoms with Crippen LogP contribution in [0, 0.1) is 0 Å². The van der Waals surface area contributed by atoms with Crippen molar-refractivity contribution in [1.82, 2.24) is 9.97 Å². The van der Waals surface area contributed by atoms with Gasteiger partial charge in [-0.2, -0.15) is 0 Å². The molecule has 0 unspecified atom stereocenters. The minimum Gasteiger partial charge on any atom is -0.476 e. The van der Waals surface area contributed by atoms with E-state index < -0.39 is 11.9 Å². The Balaban J connectivity index is 3.08. The monoisotopic (exact) mass is 208 g/mol. The van der Waals surface area contributed by atoms with Gasteiger partial charge in [0.1, 0.15) is 0 Å². The molecule has 5 N–H and O–H groups in total. The van der Waals surface area contributed by atoms with Crippen LogP contribution < -0.4 is 11.5 Å². The lowest BCUT2D eigenvalue weighted by Gasteiger charge is -1.99. The molecule has 0 aliphatic rings. The first kappa shape index (κ1) is 10.6. The zero-order chi connectivity index (χ0) is 11.4. The number of carbonyl (C=O) groups is 2. The molecule has 1 aromatic heterocycles. The third-order valence-corrected chi connectivity index (χ3v) is 1.44. The van der Waals surface area contributed by atoms with Gasteiger partial charge in [-0.3, -0.25) is 4.79 Å². The molecule has 15 heavy (non-hydrogen) atoms. The van der Waals surface area contributed by atoms with Crippen molar-refractivity contribution in [1.29, 1.82) is 0 Å². The molecule has 0 saturated heterocycles. The molecule has 1 aromatic rings. The number of aromatic nitrogens is 2. The second kappa shape index (κ2) is 4.18. The standard InChI is InChI=1S/C8H8N4O3/c9-5(13)2-1-4-3-11-7(10)6(12-4)8(14)15/h1-3H,(H2,9,13)(H2,10,11)(H,14,15). The molecule has 0 spiro atoms. The van der Waals surface area contributed by atoms with Crippen LogP contribution in [0.1, 0.15) is 16.2 Å². The third kappa shape index (κ3) is 2.76. The van der Waals surface area contributed by atoms with Crippen LogP contribution in [0.2, 0.25) is 0 Å². The summed E-state index contributed by atoms with van der Waals surface area (Å²) in [5.74, 6) is -2.13. The van der Waals surface area contributed by atoms with Gasteiger partial charge in [0, 0.05) is 6.08 Å². The summed E-state index contributed by atoms with van der Waals surface area (Å²) in [6.45, 7) is 0. The first-order valence-corrected chi connectivity index (χ1v) is 3.84. The number of anilines is 1. The van der Waals surface area contributed by atoms with E-state index >= 15 is 0 Å². The highest BCUT2D eigenvalue weighted by molar-refractivity contribution is 5.91. The van der Waals surface area contributed by atoms with Crippen LogP contribution in [-0.2, 0) is 4.79 Å². The maximum atomic E-state index is 10.6. The van der Waals surface area contributed by atoms with Crippen LogP contribution in [0.4, 0.5) is 5.82 Å². The average Bonchev–Trinajstić information content (AvgIpc) is 2.16. The summed E-state index contributed by atoms with van der Waals surface area (Å²) >= 11 is 0. The summed E-state index contributed by atoms with van der Waals surface area (Å²) in [6, 6.07) is 0. The Kier molecular flexibility index (Phi) is 2.97. The van der Waals surface area contributed by atoms with Crippen molar-refractivity contribution in [3.63, 3.8) is 0 Å². The van der Waals surface area contributed by atoms with Gasteiger partial charge in [-0.1, -0.05) is 0 Å². The quantitative estimate of drug-likeness (QED) is 0.560. The third-order valence-electron chi connectivity index (χ3n) is 1.44. The number of carboxylic acid groups (broad SMARTS) is 1. The average molecular weight is 208 g/mol. The van der Waals surface area contributed by atoms with Crippen molar-refractivity contribution < 1.29 is 14.7 Å². The number of aromatic carboxylic acids is 1. The second-order valence-electron chi connectivity index (χ2n) is 2.57. The maximum absolute atomic E-state index is 10.6. The van der Waals surface area contributed by atoms with Gasteiger partial charge in [-0.15, -0.1) is 0 Å². The fraction of sp³-hybridized carbons (Fsp3) is 0. The fourth-order valence-corrected chi connectivity index (χ4v) is 0.817. The number of nitrogen functional groups attached to an aromatic ring is 1. The summed E-state index contributed by atoms with van der Waals surface area (Å²) < 4.78 is 0. The van der Waals surface area contributed by atoms with Crippen LogP contribution >= 0.6 is 0 Å². The molecule has 1 rings (SSSR count).